The van der Waals surface area contributed by atoms with Crippen molar-refractivity contribution in [1.82, 2.24) is 10.2 Å². The summed E-state index contributed by atoms with van der Waals surface area (Å²) in [4.78, 5) is 24.9. The van der Waals surface area contributed by atoms with E-state index in [4.69, 9.17) is 0 Å². The van der Waals surface area contributed by atoms with Crippen LogP contribution in [-0.2, 0) is 11.3 Å². The molecule has 0 radical (unpaired) electrons. The number of carbonyl (C=O) groups is 2. The molecule has 0 saturated heterocycles. The van der Waals surface area contributed by atoms with Crippen LogP contribution in [0.3, 0.4) is 0 Å². The molecule has 1 aromatic rings. The molecule has 2 amide bonds. The molecule has 0 aliphatic carbocycles. The Hall–Kier alpha value is -1.88. The van der Waals surface area contributed by atoms with E-state index in [-0.39, 0.29) is 11.8 Å². The van der Waals surface area contributed by atoms with Crippen LogP contribution in [0.25, 0.3) is 0 Å². The van der Waals surface area contributed by atoms with Gasteiger partial charge in [-0.25, -0.2) is 0 Å². The highest BCUT2D eigenvalue weighted by atomic mass is 16.2. The maximum Gasteiger partial charge on any atom is 0.251 e. The highest BCUT2D eigenvalue weighted by molar-refractivity contribution is 6.02. The minimum atomic E-state index is -0.0808. The quantitative estimate of drug-likeness (QED) is 0.796. The fourth-order valence-corrected chi connectivity index (χ4v) is 1.85. The Kier molecular flexibility index (Phi) is 3.10. The summed E-state index contributed by atoms with van der Waals surface area (Å²) in [6, 6.07) is 5.35. The zero-order chi connectivity index (χ0) is 12.4. The van der Waals surface area contributed by atoms with Crippen LogP contribution in [0.4, 0.5) is 5.69 Å². The average molecular weight is 233 g/mol. The van der Waals surface area contributed by atoms with E-state index in [9.17, 15) is 9.59 Å². The molecule has 5 heteroatoms. The van der Waals surface area contributed by atoms with Crippen LogP contribution in [-0.4, -0.2) is 37.4 Å². The summed E-state index contributed by atoms with van der Waals surface area (Å²) in [5.41, 5.74) is 2.23. The van der Waals surface area contributed by atoms with Gasteiger partial charge in [0, 0.05) is 23.4 Å². The predicted molar refractivity (Wildman–Crippen MR) is 64.8 cm³/mol. The summed E-state index contributed by atoms with van der Waals surface area (Å²) >= 11 is 0. The minimum absolute atomic E-state index is 0.0799. The van der Waals surface area contributed by atoms with E-state index >= 15 is 0 Å². The van der Waals surface area contributed by atoms with E-state index in [0.29, 0.717) is 24.3 Å². The molecule has 90 valence electrons. The number of anilines is 1. The summed E-state index contributed by atoms with van der Waals surface area (Å²) in [6.07, 6.45) is 0. The maximum absolute atomic E-state index is 11.6. The van der Waals surface area contributed by atoms with E-state index < -0.39 is 0 Å². The van der Waals surface area contributed by atoms with Crippen LogP contribution in [0, 0.1) is 0 Å². The third kappa shape index (κ3) is 2.45. The molecule has 17 heavy (non-hydrogen) atoms. The third-order valence-electron chi connectivity index (χ3n) is 2.58. The molecule has 0 saturated carbocycles. The summed E-state index contributed by atoms with van der Waals surface area (Å²) < 4.78 is 0. The Morgan fingerprint density at radius 1 is 1.47 bits per heavy atom. The van der Waals surface area contributed by atoms with Crippen molar-refractivity contribution < 1.29 is 9.59 Å². The number of hydrogen-bond acceptors (Lipinski definition) is 3. The molecule has 2 rings (SSSR count). The number of amides is 2. The van der Waals surface area contributed by atoms with Gasteiger partial charge >= 0.3 is 0 Å². The van der Waals surface area contributed by atoms with Gasteiger partial charge in [0.2, 0.25) is 5.91 Å². The summed E-state index contributed by atoms with van der Waals surface area (Å²) in [7, 11) is 3.67. The predicted octanol–water partition coefficient (Wildman–Crippen LogP) is 0.430. The van der Waals surface area contributed by atoms with Crippen LogP contribution in [0.1, 0.15) is 15.9 Å². The van der Waals surface area contributed by atoms with Gasteiger partial charge in [0.1, 0.15) is 0 Å². The number of fused-ring (bicyclic) bond motifs is 1. The first kappa shape index (κ1) is 11.6. The van der Waals surface area contributed by atoms with E-state index in [1.54, 1.807) is 17.0 Å². The van der Waals surface area contributed by atoms with Gasteiger partial charge in [0.05, 0.1) is 6.54 Å². The van der Waals surface area contributed by atoms with Crippen LogP contribution >= 0.6 is 0 Å². The number of rotatable bonds is 3. The van der Waals surface area contributed by atoms with Crippen LogP contribution in [0.2, 0.25) is 0 Å². The average Bonchev–Trinajstić information content (AvgIpc) is 2.61. The fraction of sp³-hybridized carbons (Fsp3) is 0.333. The van der Waals surface area contributed by atoms with Crippen molar-refractivity contribution in [3.05, 3.63) is 29.3 Å². The summed E-state index contributed by atoms with van der Waals surface area (Å²) in [5.74, 6) is -0.161. The Balaban J connectivity index is 2.18. The van der Waals surface area contributed by atoms with Gasteiger partial charge in [-0.3, -0.25) is 9.59 Å². The molecule has 1 aliphatic rings. The van der Waals surface area contributed by atoms with Crippen LogP contribution in [0.5, 0.6) is 0 Å². The molecule has 1 aliphatic heterocycles. The van der Waals surface area contributed by atoms with Gasteiger partial charge in [0.15, 0.2) is 0 Å². The number of benzene rings is 1. The Bertz CT molecular complexity index is 469. The number of likely N-dealkylation sites (N-methyl/N-ethyl adjacent to an activating group) is 1. The van der Waals surface area contributed by atoms with Gasteiger partial charge in [-0.1, -0.05) is 6.07 Å². The van der Waals surface area contributed by atoms with E-state index in [0.717, 1.165) is 5.56 Å². The largest absolute Gasteiger partial charge is 0.348 e. The van der Waals surface area contributed by atoms with Crippen molar-refractivity contribution in [2.24, 2.45) is 0 Å². The van der Waals surface area contributed by atoms with Gasteiger partial charge in [0.25, 0.3) is 5.91 Å². The van der Waals surface area contributed by atoms with Gasteiger partial charge in [-0.15, -0.1) is 0 Å². The molecule has 5 nitrogen and oxygen atoms in total. The van der Waals surface area contributed by atoms with E-state index in [1.807, 2.05) is 20.2 Å². The molecule has 1 aromatic carbocycles. The fourth-order valence-electron chi connectivity index (χ4n) is 1.85. The van der Waals surface area contributed by atoms with Crippen molar-refractivity contribution in [1.29, 1.82) is 0 Å². The molecular weight excluding hydrogens is 218 g/mol. The van der Waals surface area contributed by atoms with E-state index in [2.05, 4.69) is 10.6 Å². The first-order chi connectivity index (χ1) is 8.08. The van der Waals surface area contributed by atoms with Crippen molar-refractivity contribution in [3.63, 3.8) is 0 Å². The highest BCUT2D eigenvalue weighted by Crippen LogP contribution is 2.23. The molecular formula is C12H15N3O2. The normalized spacial score (nSPS) is 13.5. The maximum atomic E-state index is 11.6. The first-order valence-electron chi connectivity index (χ1n) is 5.42. The summed E-state index contributed by atoms with van der Waals surface area (Å²) in [5, 5.41) is 5.56. The second kappa shape index (κ2) is 4.55. The zero-order valence-electron chi connectivity index (χ0n) is 9.91. The second-order valence-corrected chi connectivity index (χ2v) is 4.30. The zero-order valence-corrected chi connectivity index (χ0v) is 9.91. The SMILES string of the molecule is CN(C)CC(=O)Nc1cccc2c1CNC2=O. The minimum Gasteiger partial charge on any atom is -0.348 e. The molecule has 1 heterocycles. The standard InChI is InChI=1S/C12H15N3O2/c1-15(2)7-11(16)14-10-5-3-4-8-9(10)6-13-12(8)17/h3-5H,6-7H2,1-2H3,(H,13,17)(H,14,16). The molecule has 0 aromatic heterocycles. The summed E-state index contributed by atoms with van der Waals surface area (Å²) in [6.45, 7) is 0.803. The van der Waals surface area contributed by atoms with Crippen molar-refractivity contribution in [2.75, 3.05) is 26.0 Å². The van der Waals surface area contributed by atoms with Crippen molar-refractivity contribution in [2.45, 2.75) is 6.54 Å². The first-order valence-corrected chi connectivity index (χ1v) is 5.42. The molecule has 0 bridgehead atoms. The topological polar surface area (TPSA) is 61.4 Å². The number of nitrogens with zero attached hydrogens (tertiary/aromatic N) is 1. The van der Waals surface area contributed by atoms with Crippen molar-refractivity contribution in [3.8, 4) is 0 Å². The lowest BCUT2D eigenvalue weighted by atomic mass is 10.1. The molecule has 0 atom stereocenters. The smallest absolute Gasteiger partial charge is 0.251 e. The Morgan fingerprint density at radius 2 is 2.24 bits per heavy atom. The molecule has 2 N–H and O–H groups in total. The van der Waals surface area contributed by atoms with Gasteiger partial charge in [-0.2, -0.15) is 0 Å². The van der Waals surface area contributed by atoms with Crippen LogP contribution < -0.4 is 10.6 Å². The Morgan fingerprint density at radius 3 is 2.94 bits per heavy atom. The second-order valence-electron chi connectivity index (χ2n) is 4.30. The molecule has 0 unspecified atom stereocenters. The monoisotopic (exact) mass is 233 g/mol. The lowest BCUT2D eigenvalue weighted by molar-refractivity contribution is -0.116. The molecule has 0 fully saturated rings. The lowest BCUT2D eigenvalue weighted by Gasteiger charge is -2.12. The highest BCUT2D eigenvalue weighted by Gasteiger charge is 2.21. The number of carbonyl (C=O) groups excluding carboxylic acids is 2. The number of nitrogens with one attached hydrogen (secondary N) is 2. The van der Waals surface area contributed by atoms with Gasteiger partial charge < -0.3 is 15.5 Å². The van der Waals surface area contributed by atoms with Crippen LogP contribution in [0.15, 0.2) is 18.2 Å². The number of hydrogen-bond donors (Lipinski definition) is 2. The third-order valence-corrected chi connectivity index (χ3v) is 2.58. The van der Waals surface area contributed by atoms with Gasteiger partial charge in [-0.05, 0) is 26.2 Å². The van der Waals surface area contributed by atoms with Crippen molar-refractivity contribution >= 4 is 17.5 Å². The Labute approximate surface area is 99.8 Å². The lowest BCUT2D eigenvalue weighted by Crippen LogP contribution is -2.27. The molecule has 0 spiro atoms. The van der Waals surface area contributed by atoms with E-state index in [1.165, 1.54) is 0 Å².